The van der Waals surface area contributed by atoms with Gasteiger partial charge in [-0.05, 0) is 49.8 Å². The van der Waals surface area contributed by atoms with Crippen LogP contribution in [0.5, 0.6) is 0 Å². The van der Waals surface area contributed by atoms with Crippen LogP contribution in [0.1, 0.15) is 28.2 Å². The number of hydrogen-bond acceptors (Lipinski definition) is 4. The van der Waals surface area contributed by atoms with Gasteiger partial charge in [0, 0.05) is 17.3 Å². The number of nitro groups is 1. The van der Waals surface area contributed by atoms with Gasteiger partial charge in [-0.1, -0.05) is 36.4 Å². The molecule has 0 atom stereocenters. The molecule has 6 heteroatoms. The summed E-state index contributed by atoms with van der Waals surface area (Å²) in [5.41, 5.74) is 5.71. The molecule has 2 aromatic carbocycles. The van der Waals surface area contributed by atoms with Crippen molar-refractivity contribution >= 4 is 28.7 Å². The Morgan fingerprint density at radius 2 is 1.79 bits per heavy atom. The Balaban J connectivity index is 1.63. The van der Waals surface area contributed by atoms with Crippen molar-refractivity contribution in [3.8, 4) is 0 Å². The lowest BCUT2D eigenvalue weighted by Gasteiger charge is -2.04. The van der Waals surface area contributed by atoms with Crippen LogP contribution in [0, 0.1) is 24.0 Å². The van der Waals surface area contributed by atoms with E-state index in [0.717, 1.165) is 29.2 Å². The van der Waals surface area contributed by atoms with Gasteiger partial charge in [-0.2, -0.15) is 5.10 Å². The van der Waals surface area contributed by atoms with Crippen molar-refractivity contribution < 1.29 is 4.92 Å². The number of hydrogen-bond donors (Lipinski definition) is 0. The van der Waals surface area contributed by atoms with E-state index in [-0.39, 0.29) is 10.6 Å². The number of non-ortho nitro benzene ring substituents is 1. The lowest BCUT2D eigenvalue weighted by atomic mass is 10.1. The first kappa shape index (κ1) is 18.6. The fourth-order valence-corrected chi connectivity index (χ4v) is 3.44. The van der Waals surface area contributed by atoms with Crippen molar-refractivity contribution in [3.63, 3.8) is 0 Å². The van der Waals surface area contributed by atoms with Gasteiger partial charge in [0.2, 0.25) is 0 Å². The Morgan fingerprint density at radius 1 is 1.00 bits per heavy atom. The summed E-state index contributed by atoms with van der Waals surface area (Å²) in [6.45, 7) is 4.77. The molecule has 0 fully saturated rings. The molecule has 0 aliphatic rings. The average Bonchev–Trinajstić information content (AvgIpc) is 2.99. The van der Waals surface area contributed by atoms with Crippen LogP contribution >= 0.6 is 0 Å². The van der Waals surface area contributed by atoms with E-state index in [9.17, 15) is 10.1 Å². The fourth-order valence-electron chi connectivity index (χ4n) is 3.44. The standard InChI is InChI=1S/C23H20N4O2/c1-16-20(17(2)26(25-16)15-18-7-4-3-5-8-18)13-11-19-12-14-21-22(24-19)9-6-10-23(21)27(28)29/h3-14H,15H2,1-2H3/b13-11+. The molecule has 0 amide bonds. The molecule has 0 aliphatic heterocycles. The summed E-state index contributed by atoms with van der Waals surface area (Å²) in [6, 6.07) is 18.7. The third-order valence-corrected chi connectivity index (χ3v) is 4.96. The predicted molar refractivity (Wildman–Crippen MR) is 115 cm³/mol. The lowest BCUT2D eigenvalue weighted by Crippen LogP contribution is -2.03. The van der Waals surface area contributed by atoms with Crippen molar-refractivity contribution in [1.82, 2.24) is 14.8 Å². The summed E-state index contributed by atoms with van der Waals surface area (Å²) in [7, 11) is 0. The highest BCUT2D eigenvalue weighted by Gasteiger charge is 2.12. The van der Waals surface area contributed by atoms with Gasteiger partial charge in [0.15, 0.2) is 0 Å². The fraction of sp³-hybridized carbons (Fsp3) is 0.130. The van der Waals surface area contributed by atoms with Gasteiger partial charge in [-0.25, -0.2) is 4.98 Å². The monoisotopic (exact) mass is 384 g/mol. The largest absolute Gasteiger partial charge is 0.278 e. The summed E-state index contributed by atoms with van der Waals surface area (Å²) in [5.74, 6) is 0. The van der Waals surface area contributed by atoms with Crippen molar-refractivity contribution in [2.75, 3.05) is 0 Å². The van der Waals surface area contributed by atoms with Crippen LogP contribution in [0.15, 0.2) is 60.7 Å². The van der Waals surface area contributed by atoms with Crippen LogP contribution in [0.3, 0.4) is 0 Å². The van der Waals surface area contributed by atoms with Crippen molar-refractivity contribution in [2.45, 2.75) is 20.4 Å². The van der Waals surface area contributed by atoms with Gasteiger partial charge in [0.05, 0.1) is 33.8 Å². The molecule has 0 bridgehead atoms. The minimum Gasteiger partial charge on any atom is -0.265 e. The average molecular weight is 384 g/mol. The maximum Gasteiger partial charge on any atom is 0.278 e. The van der Waals surface area contributed by atoms with E-state index >= 15 is 0 Å². The van der Waals surface area contributed by atoms with E-state index < -0.39 is 0 Å². The summed E-state index contributed by atoms with van der Waals surface area (Å²) < 4.78 is 2.00. The van der Waals surface area contributed by atoms with Crippen molar-refractivity contribution in [3.05, 3.63) is 99.0 Å². The molecule has 0 radical (unpaired) electrons. The van der Waals surface area contributed by atoms with Gasteiger partial charge in [0.1, 0.15) is 0 Å². The number of aromatic nitrogens is 3. The Labute approximate surface area is 168 Å². The Bertz CT molecular complexity index is 1230. The third kappa shape index (κ3) is 3.78. The molecule has 0 saturated heterocycles. The Morgan fingerprint density at radius 3 is 2.55 bits per heavy atom. The van der Waals surface area contributed by atoms with Crippen LogP contribution in [-0.4, -0.2) is 19.7 Å². The van der Waals surface area contributed by atoms with Gasteiger partial charge >= 0.3 is 0 Å². The molecule has 29 heavy (non-hydrogen) atoms. The molecule has 2 heterocycles. The molecule has 6 nitrogen and oxygen atoms in total. The Kier molecular flexibility index (Phi) is 4.91. The molecule has 0 N–H and O–H groups in total. The van der Waals surface area contributed by atoms with Crippen LogP contribution < -0.4 is 0 Å². The SMILES string of the molecule is Cc1nn(Cc2ccccc2)c(C)c1/C=C/c1ccc2c([N+](=O)[O-])cccc2n1. The summed E-state index contributed by atoms with van der Waals surface area (Å²) in [6.07, 6.45) is 3.92. The van der Waals surface area contributed by atoms with E-state index in [4.69, 9.17) is 0 Å². The second-order valence-electron chi connectivity index (χ2n) is 6.90. The molecule has 4 rings (SSSR count). The van der Waals surface area contributed by atoms with E-state index in [1.807, 2.05) is 42.0 Å². The van der Waals surface area contributed by atoms with E-state index in [1.165, 1.54) is 11.6 Å². The van der Waals surface area contributed by atoms with E-state index in [0.29, 0.717) is 10.9 Å². The molecule has 0 saturated carbocycles. The highest BCUT2D eigenvalue weighted by molar-refractivity contribution is 5.89. The number of aryl methyl sites for hydroxylation is 1. The normalized spacial score (nSPS) is 11.4. The molecular weight excluding hydrogens is 364 g/mol. The number of rotatable bonds is 5. The molecule has 0 aliphatic carbocycles. The highest BCUT2D eigenvalue weighted by Crippen LogP contribution is 2.25. The molecule has 144 valence electrons. The number of fused-ring (bicyclic) bond motifs is 1. The van der Waals surface area contributed by atoms with Crippen molar-refractivity contribution in [1.29, 1.82) is 0 Å². The van der Waals surface area contributed by atoms with Crippen LogP contribution in [-0.2, 0) is 6.54 Å². The molecule has 0 spiro atoms. The zero-order valence-electron chi connectivity index (χ0n) is 16.2. The zero-order chi connectivity index (χ0) is 20.4. The van der Waals surface area contributed by atoms with Gasteiger partial charge < -0.3 is 0 Å². The second-order valence-corrected chi connectivity index (χ2v) is 6.90. The highest BCUT2D eigenvalue weighted by atomic mass is 16.6. The molecule has 4 aromatic rings. The van der Waals surface area contributed by atoms with Gasteiger partial charge in [0.25, 0.3) is 5.69 Å². The first-order valence-corrected chi connectivity index (χ1v) is 9.33. The lowest BCUT2D eigenvalue weighted by molar-refractivity contribution is -0.383. The quantitative estimate of drug-likeness (QED) is 0.351. The first-order chi connectivity index (χ1) is 14.0. The zero-order valence-corrected chi connectivity index (χ0v) is 16.2. The van der Waals surface area contributed by atoms with Gasteiger partial charge in [-0.3, -0.25) is 14.8 Å². The maximum absolute atomic E-state index is 11.2. The topological polar surface area (TPSA) is 73.8 Å². The second kappa shape index (κ2) is 7.67. The predicted octanol–water partition coefficient (Wildman–Crippen LogP) is 5.18. The van der Waals surface area contributed by atoms with Crippen LogP contribution in [0.25, 0.3) is 23.1 Å². The van der Waals surface area contributed by atoms with Crippen LogP contribution in [0.4, 0.5) is 5.69 Å². The smallest absolute Gasteiger partial charge is 0.265 e. The number of benzene rings is 2. The minimum absolute atomic E-state index is 0.0689. The summed E-state index contributed by atoms with van der Waals surface area (Å²) in [5, 5.41) is 16.4. The molecule has 0 unspecified atom stereocenters. The molecule has 2 aromatic heterocycles. The van der Waals surface area contributed by atoms with E-state index in [1.54, 1.807) is 24.3 Å². The van der Waals surface area contributed by atoms with Gasteiger partial charge in [-0.15, -0.1) is 0 Å². The Hall–Kier alpha value is -3.80. The summed E-state index contributed by atoms with van der Waals surface area (Å²) >= 11 is 0. The van der Waals surface area contributed by atoms with Crippen molar-refractivity contribution in [2.24, 2.45) is 0 Å². The minimum atomic E-state index is -0.382. The maximum atomic E-state index is 11.2. The number of nitro benzene ring substituents is 1. The van der Waals surface area contributed by atoms with E-state index in [2.05, 4.69) is 29.1 Å². The third-order valence-electron chi connectivity index (χ3n) is 4.96. The number of pyridine rings is 1. The summed E-state index contributed by atoms with van der Waals surface area (Å²) in [4.78, 5) is 15.3. The van der Waals surface area contributed by atoms with Crippen LogP contribution in [0.2, 0.25) is 0 Å². The first-order valence-electron chi connectivity index (χ1n) is 9.33. The molecular formula is C23H20N4O2. The number of nitrogens with zero attached hydrogens (tertiary/aromatic N) is 4.